The van der Waals surface area contributed by atoms with E-state index in [9.17, 15) is 9.59 Å². The number of thioether (sulfide) groups is 1. The molecule has 1 atom stereocenters. The SMILES string of the molecule is COc1ccccc1C(=O)NC(CCSC)C(=O)N1CCCN(c2ccc(C#N)cc2)CC1. The van der Waals surface area contributed by atoms with Crippen molar-refractivity contribution in [2.45, 2.75) is 18.9 Å². The minimum absolute atomic E-state index is 0.0472. The summed E-state index contributed by atoms with van der Waals surface area (Å²) < 4.78 is 5.31. The molecule has 8 heteroatoms. The van der Waals surface area contributed by atoms with Gasteiger partial charge >= 0.3 is 0 Å². The average Bonchev–Trinajstić information content (AvgIpc) is 3.12. The fourth-order valence-electron chi connectivity index (χ4n) is 3.92. The van der Waals surface area contributed by atoms with Gasteiger partial charge in [-0.2, -0.15) is 17.0 Å². The van der Waals surface area contributed by atoms with E-state index in [2.05, 4.69) is 16.3 Å². The Kier molecular flexibility index (Phi) is 9.02. The van der Waals surface area contributed by atoms with E-state index in [4.69, 9.17) is 10.00 Å². The lowest BCUT2D eigenvalue weighted by Gasteiger charge is -2.27. The molecule has 0 spiro atoms. The Hall–Kier alpha value is -3.18. The lowest BCUT2D eigenvalue weighted by molar-refractivity contribution is -0.133. The molecule has 0 bridgehead atoms. The second-order valence-corrected chi connectivity index (χ2v) is 8.82. The molecule has 0 saturated carbocycles. The summed E-state index contributed by atoms with van der Waals surface area (Å²) in [4.78, 5) is 30.5. The summed E-state index contributed by atoms with van der Waals surface area (Å²) in [6.07, 6.45) is 3.39. The molecule has 7 nitrogen and oxygen atoms in total. The number of hydrogen-bond donors (Lipinski definition) is 1. The summed E-state index contributed by atoms with van der Waals surface area (Å²) in [5, 5.41) is 12.0. The van der Waals surface area contributed by atoms with E-state index in [1.165, 1.54) is 7.11 Å². The molecule has 0 aromatic heterocycles. The Morgan fingerprint density at radius 3 is 2.58 bits per heavy atom. The Morgan fingerprint density at radius 1 is 1.12 bits per heavy atom. The van der Waals surface area contributed by atoms with Crippen LogP contribution in [0.25, 0.3) is 0 Å². The third kappa shape index (κ3) is 6.42. The summed E-state index contributed by atoms with van der Waals surface area (Å²) in [7, 11) is 1.53. The van der Waals surface area contributed by atoms with Gasteiger partial charge in [0.15, 0.2) is 0 Å². The van der Waals surface area contributed by atoms with Crippen LogP contribution in [0.5, 0.6) is 5.75 Å². The van der Waals surface area contributed by atoms with Crippen LogP contribution in [0.2, 0.25) is 0 Å². The van der Waals surface area contributed by atoms with Crippen LogP contribution in [0.1, 0.15) is 28.8 Å². The van der Waals surface area contributed by atoms with Gasteiger partial charge in [0.1, 0.15) is 11.8 Å². The highest BCUT2D eigenvalue weighted by atomic mass is 32.2. The fraction of sp³-hybridized carbons (Fsp3) is 0.400. The third-order valence-corrected chi connectivity index (χ3v) is 6.38. The zero-order valence-electron chi connectivity index (χ0n) is 19.1. The number of nitrogens with one attached hydrogen (secondary N) is 1. The normalized spacial score (nSPS) is 14.7. The largest absolute Gasteiger partial charge is 0.496 e. The molecular formula is C25H30N4O3S. The topological polar surface area (TPSA) is 85.7 Å². The molecule has 2 aromatic rings. The lowest BCUT2D eigenvalue weighted by atomic mass is 10.1. The minimum Gasteiger partial charge on any atom is -0.496 e. The Morgan fingerprint density at radius 2 is 1.88 bits per heavy atom. The summed E-state index contributed by atoms with van der Waals surface area (Å²) in [6.45, 7) is 2.76. The van der Waals surface area contributed by atoms with Gasteiger partial charge in [0.25, 0.3) is 5.91 Å². The van der Waals surface area contributed by atoms with Crippen molar-refractivity contribution in [3.8, 4) is 11.8 Å². The molecule has 1 fully saturated rings. The van der Waals surface area contributed by atoms with Crippen LogP contribution in [0, 0.1) is 11.3 Å². The van der Waals surface area contributed by atoms with E-state index in [0.717, 1.165) is 24.4 Å². The lowest BCUT2D eigenvalue weighted by Crippen LogP contribution is -2.49. The van der Waals surface area contributed by atoms with Crippen molar-refractivity contribution in [2.75, 3.05) is 50.2 Å². The van der Waals surface area contributed by atoms with Crippen LogP contribution < -0.4 is 15.0 Å². The second-order valence-electron chi connectivity index (χ2n) is 7.83. The van der Waals surface area contributed by atoms with Crippen molar-refractivity contribution >= 4 is 29.3 Å². The van der Waals surface area contributed by atoms with Crippen LogP contribution in [-0.4, -0.2) is 68.1 Å². The highest BCUT2D eigenvalue weighted by molar-refractivity contribution is 7.98. The summed E-state index contributed by atoms with van der Waals surface area (Å²) in [5.74, 6) is 0.905. The fourth-order valence-corrected chi connectivity index (χ4v) is 4.40. The number of benzene rings is 2. The predicted molar refractivity (Wildman–Crippen MR) is 132 cm³/mol. The molecule has 1 aliphatic rings. The number of amides is 2. The quantitative estimate of drug-likeness (QED) is 0.643. The Balaban J connectivity index is 1.68. The van der Waals surface area contributed by atoms with Crippen molar-refractivity contribution in [3.63, 3.8) is 0 Å². The van der Waals surface area contributed by atoms with E-state index in [1.807, 2.05) is 41.5 Å². The monoisotopic (exact) mass is 466 g/mol. The van der Waals surface area contributed by atoms with Gasteiger partial charge in [-0.1, -0.05) is 12.1 Å². The zero-order valence-corrected chi connectivity index (χ0v) is 19.9. The number of methoxy groups -OCH3 is 1. The number of carbonyl (C=O) groups excluding carboxylic acids is 2. The average molecular weight is 467 g/mol. The van der Waals surface area contributed by atoms with Gasteiger partial charge in [0.05, 0.1) is 24.3 Å². The number of carbonyl (C=O) groups is 2. The van der Waals surface area contributed by atoms with Gasteiger partial charge < -0.3 is 19.9 Å². The van der Waals surface area contributed by atoms with Gasteiger partial charge in [-0.15, -0.1) is 0 Å². The first-order valence-corrected chi connectivity index (χ1v) is 12.4. The van der Waals surface area contributed by atoms with Crippen LogP contribution in [0.15, 0.2) is 48.5 Å². The molecule has 2 aromatic carbocycles. The summed E-state index contributed by atoms with van der Waals surface area (Å²) in [6, 6.07) is 16.1. The molecule has 1 heterocycles. The third-order valence-electron chi connectivity index (χ3n) is 5.73. The van der Waals surface area contributed by atoms with Crippen LogP contribution in [0.4, 0.5) is 5.69 Å². The van der Waals surface area contributed by atoms with Gasteiger partial charge in [0, 0.05) is 31.9 Å². The van der Waals surface area contributed by atoms with Gasteiger partial charge in [-0.3, -0.25) is 9.59 Å². The van der Waals surface area contributed by atoms with Crippen molar-refractivity contribution in [3.05, 3.63) is 59.7 Å². The second kappa shape index (κ2) is 12.2. The molecule has 1 aliphatic heterocycles. The number of para-hydroxylation sites is 1. The van der Waals surface area contributed by atoms with Crippen LogP contribution in [0.3, 0.4) is 0 Å². The van der Waals surface area contributed by atoms with Gasteiger partial charge in [-0.05, 0) is 61.2 Å². The number of ether oxygens (including phenoxy) is 1. The maximum Gasteiger partial charge on any atom is 0.255 e. The van der Waals surface area contributed by atoms with Gasteiger partial charge in [-0.25, -0.2) is 0 Å². The first kappa shape index (κ1) is 24.5. The molecule has 0 radical (unpaired) electrons. The molecular weight excluding hydrogens is 436 g/mol. The molecule has 174 valence electrons. The maximum atomic E-state index is 13.4. The number of hydrogen-bond acceptors (Lipinski definition) is 6. The number of anilines is 1. The van der Waals surface area contributed by atoms with Gasteiger partial charge in [0.2, 0.25) is 5.91 Å². The van der Waals surface area contributed by atoms with E-state index >= 15 is 0 Å². The summed E-state index contributed by atoms with van der Waals surface area (Å²) >= 11 is 1.65. The predicted octanol–water partition coefficient (Wildman–Crippen LogP) is 3.16. The standard InChI is InChI=1S/C25H30N4O3S/c1-32-23-7-4-3-6-21(23)24(30)27-22(12-17-33-2)25(31)29-14-5-13-28(15-16-29)20-10-8-19(18-26)9-11-20/h3-4,6-11,22H,5,12-17H2,1-2H3,(H,27,30). The highest BCUT2D eigenvalue weighted by Crippen LogP contribution is 2.20. The molecule has 0 aliphatic carbocycles. The maximum absolute atomic E-state index is 13.4. The molecule has 1 N–H and O–H groups in total. The van der Waals surface area contributed by atoms with E-state index in [0.29, 0.717) is 42.9 Å². The molecule has 1 unspecified atom stereocenters. The number of rotatable bonds is 8. The van der Waals surface area contributed by atoms with Crippen molar-refractivity contribution in [1.82, 2.24) is 10.2 Å². The van der Waals surface area contributed by atoms with Crippen molar-refractivity contribution in [2.24, 2.45) is 0 Å². The molecule has 1 saturated heterocycles. The Labute approximate surface area is 199 Å². The number of nitrogens with zero attached hydrogens (tertiary/aromatic N) is 3. The Bertz CT molecular complexity index is 990. The molecule has 33 heavy (non-hydrogen) atoms. The highest BCUT2D eigenvalue weighted by Gasteiger charge is 2.28. The first-order chi connectivity index (χ1) is 16.1. The van der Waals surface area contributed by atoms with Crippen molar-refractivity contribution in [1.29, 1.82) is 5.26 Å². The van der Waals surface area contributed by atoms with Crippen LogP contribution in [-0.2, 0) is 4.79 Å². The summed E-state index contributed by atoms with van der Waals surface area (Å²) in [5.41, 5.74) is 2.10. The zero-order chi connectivity index (χ0) is 23.6. The molecule has 3 rings (SSSR count). The first-order valence-electron chi connectivity index (χ1n) is 11.0. The molecule has 2 amide bonds. The van der Waals surface area contributed by atoms with E-state index in [-0.39, 0.29) is 11.8 Å². The minimum atomic E-state index is -0.587. The van der Waals surface area contributed by atoms with Crippen molar-refractivity contribution < 1.29 is 14.3 Å². The van der Waals surface area contributed by atoms with E-state index < -0.39 is 6.04 Å². The van der Waals surface area contributed by atoms with Crippen LogP contribution >= 0.6 is 11.8 Å². The smallest absolute Gasteiger partial charge is 0.255 e. The van der Waals surface area contributed by atoms with E-state index in [1.54, 1.807) is 30.0 Å². The number of nitriles is 1.